The average Bonchev–Trinajstić information content (AvgIpc) is 2.31. The molecule has 0 fully saturated rings. The molecule has 1 unspecified atom stereocenters. The normalized spacial score (nSPS) is 13.1. The van der Waals surface area contributed by atoms with E-state index in [1.807, 2.05) is 6.08 Å². The van der Waals surface area contributed by atoms with E-state index in [1.54, 1.807) is 6.08 Å². The Kier molecular flexibility index (Phi) is 11.1. The molecule has 0 aliphatic rings. The summed E-state index contributed by atoms with van der Waals surface area (Å²) in [6, 6.07) is 0. The Hall–Kier alpha value is -0.830. The predicted octanol–water partition coefficient (Wildman–Crippen LogP) is 3.52. The number of hydrogen-bond acceptors (Lipinski definition) is 2. The van der Waals surface area contributed by atoms with Gasteiger partial charge in [0.05, 0.1) is 0 Å². The summed E-state index contributed by atoms with van der Waals surface area (Å²) < 4.78 is 0. The van der Waals surface area contributed by atoms with Gasteiger partial charge >= 0.3 is 5.97 Å². The zero-order chi connectivity index (χ0) is 12.9. The number of aliphatic carboxylic acids is 1. The van der Waals surface area contributed by atoms with Crippen LogP contribution in [0.4, 0.5) is 0 Å². The maximum absolute atomic E-state index is 10.3. The number of allylic oxidation sites excluding steroid dienone is 1. The molecule has 0 saturated carbocycles. The van der Waals surface area contributed by atoms with Crippen LogP contribution in [0.5, 0.6) is 0 Å². The number of carboxylic acids is 1. The molecule has 0 aromatic rings. The first-order valence-corrected chi connectivity index (χ1v) is 6.74. The highest BCUT2D eigenvalue weighted by molar-refractivity contribution is 5.72. The van der Waals surface area contributed by atoms with E-state index in [-0.39, 0.29) is 6.42 Å². The lowest BCUT2D eigenvalue weighted by Gasteiger charge is -2.00. The molecule has 0 aromatic heterocycles. The molecule has 0 amide bonds. The third-order valence-electron chi connectivity index (χ3n) is 2.79. The maximum atomic E-state index is 10.3. The van der Waals surface area contributed by atoms with Crippen molar-refractivity contribution in [3.05, 3.63) is 12.2 Å². The van der Waals surface area contributed by atoms with E-state index in [2.05, 4.69) is 6.92 Å². The van der Waals surface area contributed by atoms with E-state index in [4.69, 9.17) is 10.2 Å². The van der Waals surface area contributed by atoms with Crippen LogP contribution in [0.25, 0.3) is 0 Å². The molecule has 0 aromatic carbocycles. The Bertz CT molecular complexity index is 212. The Labute approximate surface area is 105 Å². The van der Waals surface area contributed by atoms with Crippen LogP contribution >= 0.6 is 0 Å². The van der Waals surface area contributed by atoms with Crippen molar-refractivity contribution in [3.8, 4) is 0 Å². The fourth-order valence-corrected chi connectivity index (χ4v) is 1.66. The molecule has 2 N–H and O–H groups in total. The van der Waals surface area contributed by atoms with Crippen molar-refractivity contribution < 1.29 is 15.0 Å². The number of unbranched alkanes of at least 4 members (excludes halogenated alkanes) is 7. The number of aliphatic hydroxyl groups is 1. The van der Waals surface area contributed by atoms with Gasteiger partial charge in [0, 0.05) is 6.42 Å². The van der Waals surface area contributed by atoms with Crippen LogP contribution in [0.3, 0.4) is 0 Å². The van der Waals surface area contributed by atoms with Crippen molar-refractivity contribution in [2.75, 3.05) is 0 Å². The first-order chi connectivity index (χ1) is 8.18. The second kappa shape index (κ2) is 11.6. The summed E-state index contributed by atoms with van der Waals surface area (Å²) in [7, 11) is 0. The second-order valence-corrected chi connectivity index (χ2v) is 4.47. The minimum Gasteiger partial charge on any atom is -0.479 e. The van der Waals surface area contributed by atoms with Crippen molar-refractivity contribution in [3.63, 3.8) is 0 Å². The smallest absolute Gasteiger partial charge is 0.332 e. The minimum absolute atomic E-state index is 0.214. The molecule has 3 nitrogen and oxygen atoms in total. The van der Waals surface area contributed by atoms with Gasteiger partial charge in [-0.15, -0.1) is 0 Å². The van der Waals surface area contributed by atoms with E-state index >= 15 is 0 Å². The van der Waals surface area contributed by atoms with Crippen molar-refractivity contribution in [2.45, 2.75) is 70.8 Å². The van der Waals surface area contributed by atoms with Gasteiger partial charge in [0.15, 0.2) is 6.10 Å². The molecule has 0 rings (SSSR count). The molecule has 0 saturated heterocycles. The van der Waals surface area contributed by atoms with Crippen LogP contribution < -0.4 is 0 Å². The molecule has 1 atom stereocenters. The van der Waals surface area contributed by atoms with Gasteiger partial charge in [-0.25, -0.2) is 4.79 Å². The summed E-state index contributed by atoms with van der Waals surface area (Å²) in [4.78, 5) is 10.3. The number of rotatable bonds is 11. The van der Waals surface area contributed by atoms with Crippen LogP contribution in [0, 0.1) is 0 Å². The molecule has 0 bridgehead atoms. The fraction of sp³-hybridized carbons (Fsp3) is 0.786. The molecule has 0 radical (unpaired) electrons. The van der Waals surface area contributed by atoms with Gasteiger partial charge in [-0.05, 0) is 12.8 Å². The predicted molar refractivity (Wildman–Crippen MR) is 70.0 cm³/mol. The summed E-state index contributed by atoms with van der Waals surface area (Å²) in [6.07, 6.45) is 12.7. The summed E-state index contributed by atoms with van der Waals surface area (Å²) in [5, 5.41) is 17.4. The van der Waals surface area contributed by atoms with Crippen LogP contribution in [0.15, 0.2) is 12.2 Å². The summed E-state index contributed by atoms with van der Waals surface area (Å²) in [5.74, 6) is -1.15. The number of hydrogen-bond donors (Lipinski definition) is 2. The monoisotopic (exact) mass is 242 g/mol. The van der Waals surface area contributed by atoms with Gasteiger partial charge in [0.1, 0.15) is 0 Å². The molecular weight excluding hydrogens is 216 g/mol. The molecule has 0 aliphatic carbocycles. The van der Waals surface area contributed by atoms with E-state index in [9.17, 15) is 4.79 Å². The molecule has 0 spiro atoms. The van der Waals surface area contributed by atoms with Crippen LogP contribution in [-0.2, 0) is 4.79 Å². The van der Waals surface area contributed by atoms with Gasteiger partial charge in [0.2, 0.25) is 0 Å². The first kappa shape index (κ1) is 16.2. The molecule has 3 heteroatoms. The SMILES string of the molecule is CCCCCCCCC/C=C/CC(O)C(=O)O. The van der Waals surface area contributed by atoms with Gasteiger partial charge in [-0.1, -0.05) is 57.6 Å². The number of carboxylic acid groups (broad SMARTS) is 1. The summed E-state index contributed by atoms with van der Waals surface area (Å²) in [5.41, 5.74) is 0. The lowest BCUT2D eigenvalue weighted by atomic mass is 10.1. The second-order valence-electron chi connectivity index (χ2n) is 4.47. The molecule has 17 heavy (non-hydrogen) atoms. The van der Waals surface area contributed by atoms with Gasteiger partial charge in [-0.2, -0.15) is 0 Å². The van der Waals surface area contributed by atoms with Crippen molar-refractivity contribution >= 4 is 5.97 Å². The third-order valence-corrected chi connectivity index (χ3v) is 2.79. The Balaban J connectivity index is 3.22. The average molecular weight is 242 g/mol. The minimum atomic E-state index is -1.25. The number of aliphatic hydroxyl groups excluding tert-OH is 1. The van der Waals surface area contributed by atoms with Crippen molar-refractivity contribution in [1.82, 2.24) is 0 Å². The quantitative estimate of drug-likeness (QED) is 0.430. The summed E-state index contributed by atoms with van der Waals surface area (Å²) in [6.45, 7) is 2.22. The summed E-state index contributed by atoms with van der Waals surface area (Å²) >= 11 is 0. The molecular formula is C14H26O3. The lowest BCUT2D eigenvalue weighted by molar-refractivity contribution is -0.146. The zero-order valence-corrected chi connectivity index (χ0v) is 10.9. The van der Waals surface area contributed by atoms with Gasteiger partial charge in [-0.3, -0.25) is 0 Å². The largest absolute Gasteiger partial charge is 0.479 e. The zero-order valence-electron chi connectivity index (χ0n) is 10.9. The van der Waals surface area contributed by atoms with E-state index in [1.165, 1.54) is 38.5 Å². The van der Waals surface area contributed by atoms with E-state index < -0.39 is 12.1 Å². The van der Waals surface area contributed by atoms with Crippen LogP contribution in [0.1, 0.15) is 64.7 Å². The topological polar surface area (TPSA) is 57.5 Å². The molecule has 100 valence electrons. The van der Waals surface area contributed by atoms with Crippen molar-refractivity contribution in [1.29, 1.82) is 0 Å². The molecule has 0 heterocycles. The highest BCUT2D eigenvalue weighted by Gasteiger charge is 2.09. The third kappa shape index (κ3) is 11.4. The molecule has 0 aliphatic heterocycles. The maximum Gasteiger partial charge on any atom is 0.332 e. The Morgan fingerprint density at radius 1 is 1.06 bits per heavy atom. The highest BCUT2D eigenvalue weighted by Crippen LogP contribution is 2.08. The fourth-order valence-electron chi connectivity index (χ4n) is 1.66. The number of carbonyl (C=O) groups is 1. The lowest BCUT2D eigenvalue weighted by Crippen LogP contribution is -2.17. The Morgan fingerprint density at radius 3 is 2.24 bits per heavy atom. The van der Waals surface area contributed by atoms with E-state index in [0.29, 0.717) is 0 Å². The highest BCUT2D eigenvalue weighted by atomic mass is 16.4. The standard InChI is InChI=1S/C14H26O3/c1-2-3-4-5-6-7-8-9-10-11-12-13(15)14(16)17/h10-11,13,15H,2-9,12H2,1H3,(H,16,17)/b11-10+. The van der Waals surface area contributed by atoms with Gasteiger partial charge < -0.3 is 10.2 Å². The van der Waals surface area contributed by atoms with E-state index in [0.717, 1.165) is 12.8 Å². The van der Waals surface area contributed by atoms with Crippen molar-refractivity contribution in [2.24, 2.45) is 0 Å². The van der Waals surface area contributed by atoms with Crippen LogP contribution in [0.2, 0.25) is 0 Å². The van der Waals surface area contributed by atoms with Gasteiger partial charge in [0.25, 0.3) is 0 Å². The first-order valence-electron chi connectivity index (χ1n) is 6.74. The Morgan fingerprint density at radius 2 is 1.65 bits per heavy atom. The van der Waals surface area contributed by atoms with Crippen LogP contribution in [-0.4, -0.2) is 22.3 Å².